The fourth-order valence-corrected chi connectivity index (χ4v) is 3.49. The summed E-state index contributed by atoms with van der Waals surface area (Å²) in [5.41, 5.74) is 2.14. The fourth-order valence-electron chi connectivity index (χ4n) is 3.49. The molecule has 0 saturated heterocycles. The molecular weight excluding hydrogens is 396 g/mol. The normalized spacial score (nSPS) is 10.9. The zero-order chi connectivity index (χ0) is 23.0. The molecule has 0 unspecified atom stereocenters. The van der Waals surface area contributed by atoms with E-state index in [1.807, 2.05) is 45.9 Å². The first-order valence-electron chi connectivity index (χ1n) is 10.7. The minimum absolute atomic E-state index is 0.00629. The van der Waals surface area contributed by atoms with Gasteiger partial charge in [-0.2, -0.15) is 0 Å². The summed E-state index contributed by atoms with van der Waals surface area (Å²) in [6.07, 6.45) is 2.63. The number of ether oxygens (including phenoxy) is 6. The second kappa shape index (κ2) is 11.6. The highest BCUT2D eigenvalue weighted by Gasteiger charge is 2.22. The molecule has 0 radical (unpaired) electrons. The van der Waals surface area contributed by atoms with Gasteiger partial charge in [0.15, 0.2) is 23.0 Å². The van der Waals surface area contributed by atoms with E-state index in [0.717, 1.165) is 42.1 Å². The Kier molecular flexibility index (Phi) is 9.16. The highest BCUT2D eigenvalue weighted by molar-refractivity contribution is 5.62. The van der Waals surface area contributed by atoms with Crippen LogP contribution in [0.5, 0.6) is 34.5 Å². The van der Waals surface area contributed by atoms with Crippen molar-refractivity contribution in [1.29, 1.82) is 0 Å². The number of rotatable bonds is 12. The molecule has 2 rings (SSSR count). The van der Waals surface area contributed by atoms with Gasteiger partial charge in [0, 0.05) is 11.6 Å². The van der Waals surface area contributed by atoms with Crippen molar-refractivity contribution in [2.45, 2.75) is 59.2 Å². The average molecular weight is 433 g/mol. The summed E-state index contributed by atoms with van der Waals surface area (Å²) < 4.78 is 34.2. The van der Waals surface area contributed by atoms with Crippen LogP contribution in [-0.2, 0) is 12.8 Å². The summed E-state index contributed by atoms with van der Waals surface area (Å²) in [5.74, 6) is 4.08. The molecule has 0 fully saturated rings. The molecule has 0 aliphatic heterocycles. The predicted molar refractivity (Wildman–Crippen MR) is 123 cm³/mol. The first kappa shape index (κ1) is 24.5. The quantitative estimate of drug-likeness (QED) is 0.443. The number of hydrogen-bond acceptors (Lipinski definition) is 6. The molecule has 0 bridgehead atoms. The molecule has 0 aliphatic carbocycles. The molecule has 0 aliphatic rings. The molecule has 6 heteroatoms. The van der Waals surface area contributed by atoms with Crippen molar-refractivity contribution in [3.8, 4) is 34.5 Å². The van der Waals surface area contributed by atoms with Crippen LogP contribution >= 0.6 is 0 Å². The zero-order valence-corrected chi connectivity index (χ0v) is 20.0. The van der Waals surface area contributed by atoms with Crippen molar-refractivity contribution in [3.05, 3.63) is 35.4 Å². The summed E-state index contributed by atoms with van der Waals surface area (Å²) in [6.45, 7) is 7.94. The third kappa shape index (κ3) is 6.36. The Morgan fingerprint density at radius 1 is 0.613 bits per heavy atom. The van der Waals surface area contributed by atoms with Gasteiger partial charge in [-0.05, 0) is 64.7 Å². The van der Waals surface area contributed by atoms with Crippen LogP contribution in [0.3, 0.4) is 0 Å². The largest absolute Gasteiger partial charge is 0.496 e. The SMILES string of the molecule is COc1cc(CCCc2c(OC)cc(OC(C)C)c(OC)c2OC)ccc1OC(C)C. The van der Waals surface area contributed by atoms with Crippen molar-refractivity contribution in [1.82, 2.24) is 0 Å². The maximum atomic E-state index is 5.90. The van der Waals surface area contributed by atoms with E-state index in [2.05, 4.69) is 6.07 Å². The first-order valence-corrected chi connectivity index (χ1v) is 10.7. The fraction of sp³-hybridized carbons (Fsp3) is 0.520. The van der Waals surface area contributed by atoms with Gasteiger partial charge in [-0.3, -0.25) is 0 Å². The summed E-state index contributed by atoms with van der Waals surface area (Å²) in [4.78, 5) is 0. The van der Waals surface area contributed by atoms with Crippen LogP contribution < -0.4 is 28.4 Å². The Labute approximate surface area is 186 Å². The Morgan fingerprint density at radius 2 is 1.23 bits per heavy atom. The minimum Gasteiger partial charge on any atom is -0.496 e. The smallest absolute Gasteiger partial charge is 0.203 e. The lowest BCUT2D eigenvalue weighted by molar-refractivity contribution is 0.224. The third-order valence-corrected chi connectivity index (χ3v) is 4.74. The molecule has 172 valence electrons. The van der Waals surface area contributed by atoms with Crippen molar-refractivity contribution in [3.63, 3.8) is 0 Å². The Balaban J connectivity index is 2.23. The maximum Gasteiger partial charge on any atom is 0.203 e. The number of methoxy groups -OCH3 is 4. The Morgan fingerprint density at radius 3 is 1.77 bits per heavy atom. The van der Waals surface area contributed by atoms with Gasteiger partial charge in [0.2, 0.25) is 5.75 Å². The average Bonchev–Trinajstić information content (AvgIpc) is 2.73. The van der Waals surface area contributed by atoms with Gasteiger partial charge in [0.1, 0.15) is 5.75 Å². The standard InChI is InChI=1S/C25H36O6/c1-16(2)30-20-13-12-18(14-22(20)27-6)10-9-11-19-21(26-5)15-23(31-17(3)4)25(29-8)24(19)28-7/h12-17H,9-11H2,1-8H3. The van der Waals surface area contributed by atoms with Crippen LogP contribution in [0.2, 0.25) is 0 Å². The molecule has 0 heterocycles. The van der Waals surface area contributed by atoms with Gasteiger partial charge in [0.05, 0.1) is 40.6 Å². The van der Waals surface area contributed by atoms with Crippen molar-refractivity contribution >= 4 is 0 Å². The van der Waals surface area contributed by atoms with E-state index in [0.29, 0.717) is 17.2 Å². The lowest BCUT2D eigenvalue weighted by atomic mass is 10.0. The van der Waals surface area contributed by atoms with Gasteiger partial charge in [-0.1, -0.05) is 6.07 Å². The van der Waals surface area contributed by atoms with E-state index in [-0.39, 0.29) is 12.2 Å². The van der Waals surface area contributed by atoms with Crippen molar-refractivity contribution in [2.75, 3.05) is 28.4 Å². The third-order valence-electron chi connectivity index (χ3n) is 4.74. The summed E-state index contributed by atoms with van der Waals surface area (Å²) >= 11 is 0. The van der Waals surface area contributed by atoms with Crippen LogP contribution in [0.4, 0.5) is 0 Å². The van der Waals surface area contributed by atoms with Crippen LogP contribution in [0, 0.1) is 0 Å². The van der Waals surface area contributed by atoms with Crippen LogP contribution in [0.25, 0.3) is 0 Å². The molecule has 0 atom stereocenters. The molecule has 2 aromatic rings. The zero-order valence-electron chi connectivity index (χ0n) is 20.0. The predicted octanol–water partition coefficient (Wildman–Crippen LogP) is 5.47. The summed E-state index contributed by atoms with van der Waals surface area (Å²) in [6, 6.07) is 7.95. The van der Waals surface area contributed by atoms with E-state index in [1.54, 1.807) is 28.4 Å². The van der Waals surface area contributed by atoms with Gasteiger partial charge in [0.25, 0.3) is 0 Å². The van der Waals surface area contributed by atoms with E-state index >= 15 is 0 Å². The number of aryl methyl sites for hydroxylation is 1. The number of benzene rings is 2. The molecule has 0 amide bonds. The summed E-state index contributed by atoms with van der Waals surface area (Å²) in [5, 5.41) is 0. The van der Waals surface area contributed by atoms with Gasteiger partial charge in [-0.25, -0.2) is 0 Å². The van der Waals surface area contributed by atoms with Crippen LogP contribution in [-0.4, -0.2) is 40.6 Å². The monoisotopic (exact) mass is 432 g/mol. The lowest BCUT2D eigenvalue weighted by Gasteiger charge is -2.21. The highest BCUT2D eigenvalue weighted by Crippen LogP contribution is 2.46. The number of hydrogen-bond donors (Lipinski definition) is 0. The second-order valence-corrected chi connectivity index (χ2v) is 7.79. The van der Waals surface area contributed by atoms with Gasteiger partial charge < -0.3 is 28.4 Å². The topological polar surface area (TPSA) is 55.4 Å². The van der Waals surface area contributed by atoms with E-state index < -0.39 is 0 Å². The van der Waals surface area contributed by atoms with Crippen LogP contribution in [0.15, 0.2) is 24.3 Å². The highest BCUT2D eigenvalue weighted by atomic mass is 16.5. The Hall–Kier alpha value is -2.76. The molecule has 0 saturated carbocycles. The van der Waals surface area contributed by atoms with Crippen LogP contribution in [0.1, 0.15) is 45.2 Å². The van der Waals surface area contributed by atoms with Gasteiger partial charge >= 0.3 is 0 Å². The molecule has 31 heavy (non-hydrogen) atoms. The Bertz CT molecular complexity index is 844. The minimum atomic E-state index is 0.00629. The van der Waals surface area contributed by atoms with E-state index in [1.165, 1.54) is 5.56 Å². The van der Waals surface area contributed by atoms with Crippen molar-refractivity contribution < 1.29 is 28.4 Å². The van der Waals surface area contributed by atoms with Gasteiger partial charge in [-0.15, -0.1) is 0 Å². The molecule has 2 aromatic carbocycles. The van der Waals surface area contributed by atoms with E-state index in [4.69, 9.17) is 28.4 Å². The molecule has 0 spiro atoms. The molecule has 0 N–H and O–H groups in total. The first-order chi connectivity index (χ1) is 14.8. The van der Waals surface area contributed by atoms with E-state index in [9.17, 15) is 0 Å². The second-order valence-electron chi connectivity index (χ2n) is 7.79. The maximum absolute atomic E-state index is 5.90. The molecule has 0 aromatic heterocycles. The molecule has 6 nitrogen and oxygen atoms in total. The summed E-state index contributed by atoms with van der Waals surface area (Å²) in [7, 11) is 6.57. The lowest BCUT2D eigenvalue weighted by Crippen LogP contribution is -2.09. The van der Waals surface area contributed by atoms with Crippen molar-refractivity contribution in [2.24, 2.45) is 0 Å². The molecular formula is C25H36O6.